The van der Waals surface area contributed by atoms with Crippen LogP contribution in [0.25, 0.3) is 0 Å². The van der Waals surface area contributed by atoms with Crippen molar-refractivity contribution in [3.05, 3.63) is 12.0 Å². The van der Waals surface area contributed by atoms with E-state index in [-0.39, 0.29) is 5.41 Å². The van der Waals surface area contributed by atoms with E-state index in [9.17, 15) is 4.79 Å². The molecule has 0 spiro atoms. The predicted octanol–water partition coefficient (Wildman–Crippen LogP) is 1.75. The maximum Gasteiger partial charge on any atom is 0.244 e. The molecule has 1 heterocycles. The van der Waals surface area contributed by atoms with Gasteiger partial charge in [-0.1, -0.05) is 20.8 Å². The molecule has 0 aliphatic rings. The van der Waals surface area contributed by atoms with Gasteiger partial charge in [0, 0.05) is 5.41 Å². The first-order chi connectivity index (χ1) is 6.99. The topological polar surface area (TPSA) is 64.4 Å². The van der Waals surface area contributed by atoms with Crippen LogP contribution in [0.4, 0.5) is 5.69 Å². The van der Waals surface area contributed by atoms with Gasteiger partial charge >= 0.3 is 0 Å². The Morgan fingerprint density at radius 3 is 2.60 bits per heavy atom. The number of rotatable bonds is 2. The van der Waals surface area contributed by atoms with E-state index >= 15 is 0 Å². The van der Waals surface area contributed by atoms with Crippen LogP contribution in [0.5, 0.6) is 5.88 Å². The molecule has 0 fully saturated rings. The van der Waals surface area contributed by atoms with Crippen LogP contribution in [0, 0.1) is 0 Å². The normalized spacial score (nSPS) is 10.7. The summed E-state index contributed by atoms with van der Waals surface area (Å²) in [6.07, 6.45) is 2.89. The second-order valence-corrected chi connectivity index (χ2v) is 4.04. The molecule has 0 atom stereocenters. The Bertz CT molecular complexity index is 404. The second kappa shape index (κ2) is 4.19. The van der Waals surface area contributed by atoms with Gasteiger partial charge in [0.2, 0.25) is 12.0 Å². The highest BCUT2D eigenvalue weighted by atomic mass is 16.5. The van der Waals surface area contributed by atoms with Crippen LogP contribution in [-0.4, -0.2) is 23.2 Å². The quantitative estimate of drug-likeness (QED) is 0.547. The molecular formula is C10H13N3O2. The minimum atomic E-state index is -0.170. The van der Waals surface area contributed by atoms with Crippen LogP contribution < -0.4 is 4.74 Å². The summed E-state index contributed by atoms with van der Waals surface area (Å²) in [6.45, 7) is 5.97. The lowest BCUT2D eigenvalue weighted by molar-refractivity contribution is 0.390. The number of aromatic nitrogens is 2. The molecule has 0 saturated carbocycles. The molecule has 0 aliphatic heterocycles. The fourth-order valence-electron chi connectivity index (χ4n) is 0.997. The van der Waals surface area contributed by atoms with Gasteiger partial charge in [0.05, 0.1) is 13.3 Å². The first kappa shape index (κ1) is 11.3. The van der Waals surface area contributed by atoms with Crippen molar-refractivity contribution < 1.29 is 9.53 Å². The average molecular weight is 207 g/mol. The Labute approximate surface area is 88.2 Å². The first-order valence-corrected chi connectivity index (χ1v) is 4.48. The van der Waals surface area contributed by atoms with Crippen molar-refractivity contribution in [1.82, 2.24) is 9.97 Å². The Morgan fingerprint density at radius 1 is 1.47 bits per heavy atom. The van der Waals surface area contributed by atoms with Gasteiger partial charge in [-0.2, -0.15) is 9.98 Å². The Morgan fingerprint density at radius 2 is 2.13 bits per heavy atom. The number of nitrogens with zero attached hydrogens (tertiary/aromatic N) is 3. The maximum atomic E-state index is 10.1. The van der Waals surface area contributed by atoms with Crippen molar-refractivity contribution >= 4 is 11.8 Å². The van der Waals surface area contributed by atoms with Gasteiger partial charge in [0.25, 0.3) is 0 Å². The summed E-state index contributed by atoms with van der Waals surface area (Å²) in [6, 6.07) is 0. The highest BCUT2D eigenvalue weighted by molar-refractivity contribution is 5.53. The number of hydrogen-bond donors (Lipinski definition) is 0. The van der Waals surface area contributed by atoms with E-state index < -0.39 is 0 Å². The third kappa shape index (κ3) is 2.60. The fourth-order valence-corrected chi connectivity index (χ4v) is 0.997. The molecule has 0 unspecified atom stereocenters. The first-order valence-electron chi connectivity index (χ1n) is 4.48. The van der Waals surface area contributed by atoms with E-state index in [1.54, 1.807) is 0 Å². The predicted molar refractivity (Wildman–Crippen MR) is 55.1 cm³/mol. The lowest BCUT2D eigenvalue weighted by Gasteiger charge is -2.16. The fraction of sp³-hybridized carbons (Fsp3) is 0.500. The summed E-state index contributed by atoms with van der Waals surface area (Å²) in [5.74, 6) is 0.933. The lowest BCUT2D eigenvalue weighted by Crippen LogP contribution is -2.16. The minimum Gasteiger partial charge on any atom is -0.479 e. The van der Waals surface area contributed by atoms with Crippen LogP contribution in [0.3, 0.4) is 0 Å². The van der Waals surface area contributed by atoms with Crippen molar-refractivity contribution in [3.63, 3.8) is 0 Å². The molecule has 0 amide bonds. The van der Waals surface area contributed by atoms with Gasteiger partial charge in [-0.05, 0) is 0 Å². The molecule has 0 bridgehead atoms. The highest BCUT2D eigenvalue weighted by Gasteiger charge is 2.19. The van der Waals surface area contributed by atoms with Crippen molar-refractivity contribution in [2.75, 3.05) is 7.11 Å². The van der Waals surface area contributed by atoms with Crippen LogP contribution in [0.1, 0.15) is 26.6 Å². The molecule has 1 rings (SSSR count). The monoisotopic (exact) mass is 207 g/mol. The van der Waals surface area contributed by atoms with Crippen LogP contribution in [0.2, 0.25) is 0 Å². The van der Waals surface area contributed by atoms with Gasteiger partial charge < -0.3 is 4.74 Å². The van der Waals surface area contributed by atoms with Crippen molar-refractivity contribution in [2.45, 2.75) is 26.2 Å². The highest BCUT2D eigenvalue weighted by Crippen LogP contribution is 2.27. The zero-order valence-electron chi connectivity index (χ0n) is 9.24. The molecule has 5 heteroatoms. The zero-order valence-corrected chi connectivity index (χ0v) is 9.24. The smallest absolute Gasteiger partial charge is 0.244 e. The molecule has 0 aromatic carbocycles. The standard InChI is InChI=1S/C10H13N3O2/c1-10(2,3)9-11-5-7(12-6-14)8(13-9)15-4/h5H,1-4H3. The van der Waals surface area contributed by atoms with Gasteiger partial charge in [0.15, 0.2) is 5.69 Å². The number of ether oxygens (including phenoxy) is 1. The second-order valence-electron chi connectivity index (χ2n) is 4.04. The summed E-state index contributed by atoms with van der Waals surface area (Å²) in [4.78, 5) is 21.9. The average Bonchev–Trinajstić information content (AvgIpc) is 2.17. The summed E-state index contributed by atoms with van der Waals surface area (Å²) < 4.78 is 5.01. The molecule has 1 aromatic rings. The zero-order chi connectivity index (χ0) is 11.5. The Balaban J connectivity index is 3.25. The molecule has 1 aromatic heterocycles. The van der Waals surface area contributed by atoms with Gasteiger partial charge in [0.1, 0.15) is 5.82 Å². The van der Waals surface area contributed by atoms with E-state index in [0.29, 0.717) is 17.4 Å². The van der Waals surface area contributed by atoms with Gasteiger partial charge in [-0.15, -0.1) is 0 Å². The summed E-state index contributed by atoms with van der Waals surface area (Å²) >= 11 is 0. The maximum absolute atomic E-state index is 10.1. The van der Waals surface area contributed by atoms with Crippen LogP contribution >= 0.6 is 0 Å². The molecule has 5 nitrogen and oxygen atoms in total. The van der Waals surface area contributed by atoms with E-state index in [1.165, 1.54) is 19.4 Å². The molecular weight excluding hydrogens is 194 g/mol. The van der Waals surface area contributed by atoms with Crippen molar-refractivity contribution in [1.29, 1.82) is 0 Å². The largest absolute Gasteiger partial charge is 0.479 e. The Hall–Kier alpha value is -1.74. The molecule has 0 saturated heterocycles. The number of methoxy groups -OCH3 is 1. The van der Waals surface area contributed by atoms with Crippen LogP contribution in [-0.2, 0) is 10.2 Å². The molecule has 0 N–H and O–H groups in total. The summed E-state index contributed by atoms with van der Waals surface area (Å²) in [5.41, 5.74) is 0.122. The molecule has 15 heavy (non-hydrogen) atoms. The van der Waals surface area contributed by atoms with Gasteiger partial charge in [-0.3, -0.25) is 0 Å². The van der Waals surface area contributed by atoms with Gasteiger partial charge in [-0.25, -0.2) is 9.78 Å². The lowest BCUT2D eigenvalue weighted by atomic mass is 9.96. The third-order valence-electron chi connectivity index (χ3n) is 1.77. The number of isocyanates is 1. The third-order valence-corrected chi connectivity index (χ3v) is 1.77. The molecule has 0 radical (unpaired) electrons. The molecule has 0 aliphatic carbocycles. The number of aliphatic imine (C=N–C) groups is 1. The number of carbonyl (C=O) groups excluding carboxylic acids is 1. The van der Waals surface area contributed by atoms with Crippen LogP contribution in [0.15, 0.2) is 11.2 Å². The summed E-state index contributed by atoms with van der Waals surface area (Å²) in [7, 11) is 1.47. The van der Waals surface area contributed by atoms with E-state index in [2.05, 4.69) is 15.0 Å². The van der Waals surface area contributed by atoms with Crippen molar-refractivity contribution in [2.24, 2.45) is 4.99 Å². The SMILES string of the molecule is COc1nc(C(C)(C)C)ncc1N=C=O. The van der Waals surface area contributed by atoms with E-state index in [0.717, 1.165) is 0 Å². The Kier molecular flexibility index (Phi) is 3.17. The van der Waals surface area contributed by atoms with E-state index in [4.69, 9.17) is 4.74 Å². The minimum absolute atomic E-state index is 0.170. The summed E-state index contributed by atoms with van der Waals surface area (Å²) in [5, 5.41) is 0. The molecule has 80 valence electrons. The van der Waals surface area contributed by atoms with Crippen molar-refractivity contribution in [3.8, 4) is 5.88 Å². The number of hydrogen-bond acceptors (Lipinski definition) is 5. The van der Waals surface area contributed by atoms with E-state index in [1.807, 2.05) is 20.8 Å².